The van der Waals surface area contributed by atoms with Crippen molar-refractivity contribution in [3.05, 3.63) is 47.5 Å². The SMILES string of the molecule is C=CCN1C(=O)C(=O)N(CC(=O)N(C)Cc2ccc(C)cc2C)C1=O. The first-order valence-electron chi connectivity index (χ1n) is 7.84. The molecule has 132 valence electrons. The standard InChI is InChI=1S/C18H21N3O4/c1-5-8-20-16(23)17(24)21(18(20)25)11-15(22)19(4)10-14-7-6-12(2)9-13(14)3/h5-7,9H,1,8,10-11H2,2-4H3. The first-order valence-corrected chi connectivity index (χ1v) is 7.84. The van der Waals surface area contributed by atoms with Gasteiger partial charge in [-0.25, -0.2) is 9.69 Å². The molecule has 1 aliphatic heterocycles. The van der Waals surface area contributed by atoms with Gasteiger partial charge in [0, 0.05) is 20.1 Å². The fraction of sp³-hybridized carbons (Fsp3) is 0.333. The summed E-state index contributed by atoms with van der Waals surface area (Å²) >= 11 is 0. The Bertz CT molecular complexity index is 757. The Morgan fingerprint density at radius 3 is 2.40 bits per heavy atom. The molecule has 0 radical (unpaired) electrons. The molecule has 1 fully saturated rings. The van der Waals surface area contributed by atoms with Crippen LogP contribution in [0.1, 0.15) is 16.7 Å². The number of amides is 5. The summed E-state index contributed by atoms with van der Waals surface area (Å²) in [6.07, 6.45) is 1.35. The van der Waals surface area contributed by atoms with E-state index in [1.807, 2.05) is 32.0 Å². The van der Waals surface area contributed by atoms with Gasteiger partial charge in [-0.3, -0.25) is 19.3 Å². The summed E-state index contributed by atoms with van der Waals surface area (Å²) in [4.78, 5) is 51.1. The zero-order valence-electron chi connectivity index (χ0n) is 14.6. The average molecular weight is 343 g/mol. The van der Waals surface area contributed by atoms with Gasteiger partial charge < -0.3 is 4.90 Å². The highest BCUT2D eigenvalue weighted by molar-refractivity contribution is 6.45. The molecule has 1 aromatic carbocycles. The number of hydrogen-bond acceptors (Lipinski definition) is 4. The molecule has 1 aromatic rings. The van der Waals surface area contributed by atoms with Crippen LogP contribution >= 0.6 is 0 Å². The smallest absolute Gasteiger partial charge is 0.335 e. The molecule has 5 amide bonds. The van der Waals surface area contributed by atoms with Crippen LogP contribution in [0.25, 0.3) is 0 Å². The molecular formula is C18H21N3O4. The fourth-order valence-corrected chi connectivity index (χ4v) is 2.60. The molecule has 7 heteroatoms. The normalized spacial score (nSPS) is 14.3. The topological polar surface area (TPSA) is 78.0 Å². The van der Waals surface area contributed by atoms with Gasteiger partial charge in [0.15, 0.2) is 0 Å². The third kappa shape index (κ3) is 3.76. The van der Waals surface area contributed by atoms with Crippen molar-refractivity contribution in [3.8, 4) is 0 Å². The molecule has 25 heavy (non-hydrogen) atoms. The van der Waals surface area contributed by atoms with Crippen LogP contribution in [-0.4, -0.2) is 58.6 Å². The third-order valence-electron chi connectivity index (χ3n) is 4.07. The number of nitrogens with zero attached hydrogens (tertiary/aromatic N) is 3. The molecule has 0 atom stereocenters. The second kappa shape index (κ2) is 7.29. The highest BCUT2D eigenvalue weighted by Gasteiger charge is 2.44. The lowest BCUT2D eigenvalue weighted by molar-refractivity contribution is -0.144. The van der Waals surface area contributed by atoms with Crippen molar-refractivity contribution < 1.29 is 19.2 Å². The van der Waals surface area contributed by atoms with Crippen LogP contribution in [0.2, 0.25) is 0 Å². The zero-order valence-corrected chi connectivity index (χ0v) is 14.6. The minimum absolute atomic E-state index is 0.0630. The molecule has 0 saturated carbocycles. The Morgan fingerprint density at radius 1 is 1.16 bits per heavy atom. The number of imide groups is 2. The second-order valence-electron chi connectivity index (χ2n) is 6.06. The van der Waals surface area contributed by atoms with Crippen molar-refractivity contribution in [2.24, 2.45) is 0 Å². The predicted octanol–water partition coefficient (Wildman–Crippen LogP) is 1.24. The zero-order chi connectivity index (χ0) is 18.7. The van der Waals surface area contributed by atoms with Gasteiger partial charge in [0.25, 0.3) is 0 Å². The van der Waals surface area contributed by atoms with E-state index in [1.165, 1.54) is 11.0 Å². The monoisotopic (exact) mass is 343 g/mol. The highest BCUT2D eigenvalue weighted by atomic mass is 16.2. The van der Waals surface area contributed by atoms with Gasteiger partial charge in [-0.15, -0.1) is 6.58 Å². The molecule has 7 nitrogen and oxygen atoms in total. The Morgan fingerprint density at radius 2 is 1.80 bits per heavy atom. The molecule has 0 bridgehead atoms. The number of likely N-dealkylation sites (N-methyl/N-ethyl adjacent to an activating group) is 1. The van der Waals surface area contributed by atoms with Crippen LogP contribution in [0, 0.1) is 13.8 Å². The van der Waals surface area contributed by atoms with Crippen molar-refractivity contribution >= 4 is 23.8 Å². The molecular weight excluding hydrogens is 322 g/mol. The summed E-state index contributed by atoms with van der Waals surface area (Å²) in [7, 11) is 1.59. The molecule has 2 rings (SSSR count). The molecule has 0 aromatic heterocycles. The van der Waals surface area contributed by atoms with Crippen molar-refractivity contribution in [1.29, 1.82) is 0 Å². The van der Waals surface area contributed by atoms with Gasteiger partial charge in [-0.2, -0.15) is 0 Å². The lowest BCUT2D eigenvalue weighted by Crippen LogP contribution is -2.42. The summed E-state index contributed by atoms with van der Waals surface area (Å²) in [5.74, 6) is -2.34. The number of carbonyl (C=O) groups excluding carboxylic acids is 4. The van der Waals surface area contributed by atoms with Crippen molar-refractivity contribution in [2.45, 2.75) is 20.4 Å². The quantitative estimate of drug-likeness (QED) is 0.442. The second-order valence-corrected chi connectivity index (χ2v) is 6.06. The van der Waals surface area contributed by atoms with E-state index in [0.29, 0.717) is 11.4 Å². The highest BCUT2D eigenvalue weighted by Crippen LogP contribution is 2.15. The van der Waals surface area contributed by atoms with Gasteiger partial charge in [0.05, 0.1) is 0 Å². The summed E-state index contributed by atoms with van der Waals surface area (Å²) in [5, 5.41) is 0. The maximum Gasteiger partial charge on any atom is 0.335 e. The first kappa shape index (κ1) is 18.4. The van der Waals surface area contributed by atoms with Crippen LogP contribution in [0.5, 0.6) is 0 Å². The summed E-state index contributed by atoms with van der Waals surface area (Å²) in [6.45, 7) is 7.22. The fourth-order valence-electron chi connectivity index (χ4n) is 2.60. The van der Waals surface area contributed by atoms with E-state index >= 15 is 0 Å². The minimum atomic E-state index is -0.986. The van der Waals surface area contributed by atoms with Crippen LogP contribution in [0.3, 0.4) is 0 Å². The van der Waals surface area contributed by atoms with Crippen LogP contribution in [0.15, 0.2) is 30.9 Å². The van der Waals surface area contributed by atoms with Crippen molar-refractivity contribution in [3.63, 3.8) is 0 Å². The largest absolute Gasteiger partial charge is 0.340 e. The Hall–Kier alpha value is -2.96. The van der Waals surface area contributed by atoms with Crippen molar-refractivity contribution in [1.82, 2.24) is 14.7 Å². The van der Waals surface area contributed by atoms with Crippen LogP contribution < -0.4 is 0 Å². The summed E-state index contributed by atoms with van der Waals surface area (Å²) in [6, 6.07) is 5.13. The van der Waals surface area contributed by atoms with Crippen LogP contribution in [0.4, 0.5) is 4.79 Å². The Balaban J connectivity index is 2.05. The maximum atomic E-state index is 12.4. The number of carbonyl (C=O) groups is 4. The molecule has 1 saturated heterocycles. The molecule has 1 heterocycles. The van der Waals surface area contributed by atoms with E-state index < -0.39 is 30.3 Å². The molecule has 1 aliphatic rings. The van der Waals surface area contributed by atoms with E-state index in [0.717, 1.165) is 21.6 Å². The predicted molar refractivity (Wildman–Crippen MR) is 91.4 cm³/mol. The number of aryl methyl sites for hydroxylation is 2. The number of rotatable bonds is 6. The molecule has 0 N–H and O–H groups in total. The average Bonchev–Trinajstić information content (AvgIpc) is 2.75. The van der Waals surface area contributed by atoms with E-state index in [-0.39, 0.29) is 6.54 Å². The lowest BCUT2D eigenvalue weighted by atomic mass is 10.1. The van der Waals surface area contributed by atoms with Crippen LogP contribution in [-0.2, 0) is 20.9 Å². The number of urea groups is 1. The number of hydrogen-bond donors (Lipinski definition) is 0. The molecule has 0 aliphatic carbocycles. The third-order valence-corrected chi connectivity index (χ3v) is 4.07. The van der Waals surface area contributed by atoms with Crippen molar-refractivity contribution in [2.75, 3.05) is 20.1 Å². The van der Waals surface area contributed by atoms with Gasteiger partial charge in [0.1, 0.15) is 6.54 Å². The Labute approximate surface area is 146 Å². The van der Waals surface area contributed by atoms with Gasteiger partial charge >= 0.3 is 17.8 Å². The van der Waals surface area contributed by atoms with E-state index in [4.69, 9.17) is 0 Å². The maximum absolute atomic E-state index is 12.4. The van der Waals surface area contributed by atoms with E-state index in [9.17, 15) is 19.2 Å². The van der Waals surface area contributed by atoms with E-state index in [1.54, 1.807) is 7.05 Å². The summed E-state index contributed by atoms with van der Waals surface area (Å²) < 4.78 is 0. The lowest BCUT2D eigenvalue weighted by Gasteiger charge is -2.21. The molecule has 0 unspecified atom stereocenters. The Kier molecular flexibility index (Phi) is 5.36. The van der Waals surface area contributed by atoms with E-state index in [2.05, 4.69) is 6.58 Å². The van der Waals surface area contributed by atoms with Gasteiger partial charge in [-0.1, -0.05) is 29.8 Å². The minimum Gasteiger partial charge on any atom is -0.340 e. The summed E-state index contributed by atoms with van der Waals surface area (Å²) in [5.41, 5.74) is 3.16. The van der Waals surface area contributed by atoms with Gasteiger partial charge in [-0.05, 0) is 25.0 Å². The van der Waals surface area contributed by atoms with Gasteiger partial charge in [0.2, 0.25) is 5.91 Å². The number of benzene rings is 1. The first-order chi connectivity index (χ1) is 11.8. The molecule has 0 spiro atoms.